The molecule has 0 fully saturated rings. The summed E-state index contributed by atoms with van der Waals surface area (Å²) >= 11 is 0. The van der Waals surface area contributed by atoms with Crippen molar-refractivity contribution in [3.05, 3.63) is 23.8 Å². The van der Waals surface area contributed by atoms with Gasteiger partial charge in [-0.3, -0.25) is 4.79 Å². The molecule has 0 rings (SSSR count). The van der Waals surface area contributed by atoms with Crippen molar-refractivity contribution in [2.75, 3.05) is 0 Å². The second-order valence-corrected chi connectivity index (χ2v) is 1.92. The molecule has 10 heavy (non-hydrogen) atoms. The van der Waals surface area contributed by atoms with Crippen molar-refractivity contribution in [3.8, 4) is 0 Å². The highest BCUT2D eigenvalue weighted by Gasteiger charge is 1.95. The van der Waals surface area contributed by atoms with E-state index >= 15 is 0 Å². The van der Waals surface area contributed by atoms with Crippen molar-refractivity contribution in [2.24, 2.45) is 5.73 Å². The lowest BCUT2D eigenvalue weighted by atomic mass is 10.2. The molecule has 0 spiro atoms. The first-order valence-electron chi connectivity index (χ1n) is 3.35. The fourth-order valence-corrected chi connectivity index (χ4v) is 0.565. The van der Waals surface area contributed by atoms with Gasteiger partial charge in [0.25, 0.3) is 0 Å². The second kappa shape index (κ2) is 4.79. The van der Waals surface area contributed by atoms with Crippen LogP contribution < -0.4 is 5.73 Å². The number of primary amides is 1. The highest BCUT2D eigenvalue weighted by molar-refractivity contribution is 5.94. The van der Waals surface area contributed by atoms with Crippen molar-refractivity contribution >= 4 is 5.91 Å². The summed E-state index contributed by atoms with van der Waals surface area (Å²) in [4.78, 5) is 10.5. The number of hydrogen-bond acceptors (Lipinski definition) is 1. The van der Waals surface area contributed by atoms with E-state index in [0.29, 0.717) is 5.57 Å². The molecule has 0 aliphatic heterocycles. The van der Waals surface area contributed by atoms with Gasteiger partial charge >= 0.3 is 0 Å². The number of carbonyl (C=O) groups excluding carboxylic acids is 1. The van der Waals surface area contributed by atoms with Crippen LogP contribution in [0.2, 0.25) is 0 Å². The molecule has 0 aromatic rings. The van der Waals surface area contributed by atoms with Crippen LogP contribution in [0, 0.1) is 0 Å². The maximum Gasteiger partial charge on any atom is 0.248 e. The summed E-state index contributed by atoms with van der Waals surface area (Å²) in [7, 11) is 0. The maximum absolute atomic E-state index is 10.5. The number of hydrogen-bond donors (Lipinski definition) is 1. The molecule has 0 saturated heterocycles. The van der Waals surface area contributed by atoms with Crippen LogP contribution in [0.5, 0.6) is 0 Å². The van der Waals surface area contributed by atoms with Crippen LogP contribution in [0.4, 0.5) is 0 Å². The molecule has 0 heterocycles. The lowest BCUT2D eigenvalue weighted by Gasteiger charge is -1.91. The number of nitrogens with two attached hydrogens (primary N) is 1. The van der Waals surface area contributed by atoms with E-state index in [1.54, 1.807) is 19.1 Å². The fourth-order valence-electron chi connectivity index (χ4n) is 0.565. The van der Waals surface area contributed by atoms with Gasteiger partial charge in [-0.1, -0.05) is 25.2 Å². The van der Waals surface area contributed by atoms with E-state index in [1.807, 2.05) is 13.0 Å². The van der Waals surface area contributed by atoms with Gasteiger partial charge in [-0.2, -0.15) is 0 Å². The van der Waals surface area contributed by atoms with Crippen LogP contribution in [0.3, 0.4) is 0 Å². The van der Waals surface area contributed by atoms with Gasteiger partial charge in [-0.25, -0.2) is 0 Å². The Morgan fingerprint density at radius 3 is 2.50 bits per heavy atom. The predicted octanol–water partition coefficient (Wildman–Crippen LogP) is 1.38. The van der Waals surface area contributed by atoms with Crippen molar-refractivity contribution in [1.29, 1.82) is 0 Å². The molecule has 0 unspecified atom stereocenters. The summed E-state index contributed by atoms with van der Waals surface area (Å²) in [6.07, 6.45) is 6.27. The Kier molecular flexibility index (Phi) is 4.29. The van der Waals surface area contributed by atoms with Gasteiger partial charge in [0.15, 0.2) is 0 Å². The topological polar surface area (TPSA) is 43.1 Å². The van der Waals surface area contributed by atoms with Crippen molar-refractivity contribution < 1.29 is 4.79 Å². The molecule has 56 valence electrons. The third-order valence-corrected chi connectivity index (χ3v) is 1.13. The van der Waals surface area contributed by atoms with E-state index in [1.165, 1.54) is 0 Å². The monoisotopic (exact) mass is 139 g/mol. The average molecular weight is 139 g/mol. The standard InChI is InChI=1S/C8H13NO/c1-3-5-6-7(4-2)8(9)10/h4-6H,3H2,1-2H3,(H2,9,10)/b6-5-,7-4+. The molecule has 0 radical (unpaired) electrons. The van der Waals surface area contributed by atoms with E-state index in [-0.39, 0.29) is 5.91 Å². The summed E-state index contributed by atoms with van der Waals surface area (Å²) in [6, 6.07) is 0. The van der Waals surface area contributed by atoms with Gasteiger partial charge < -0.3 is 5.73 Å². The minimum Gasteiger partial charge on any atom is -0.366 e. The molecule has 0 atom stereocenters. The Balaban J connectivity index is 4.12. The number of allylic oxidation sites excluding steroid dienone is 2. The molecule has 2 heteroatoms. The third-order valence-electron chi connectivity index (χ3n) is 1.13. The first kappa shape index (κ1) is 8.95. The Morgan fingerprint density at radius 2 is 2.20 bits per heavy atom. The lowest BCUT2D eigenvalue weighted by Crippen LogP contribution is -2.11. The zero-order valence-electron chi connectivity index (χ0n) is 6.42. The molecule has 0 bridgehead atoms. The minimum absolute atomic E-state index is 0.368. The number of rotatable bonds is 3. The van der Waals surface area contributed by atoms with Gasteiger partial charge in [0.2, 0.25) is 5.91 Å². The molecule has 0 aromatic heterocycles. The van der Waals surface area contributed by atoms with Gasteiger partial charge in [-0.15, -0.1) is 0 Å². The first-order chi connectivity index (χ1) is 4.72. The second-order valence-electron chi connectivity index (χ2n) is 1.92. The molecule has 2 nitrogen and oxygen atoms in total. The Labute approximate surface area is 61.4 Å². The van der Waals surface area contributed by atoms with Gasteiger partial charge in [0.05, 0.1) is 0 Å². The summed E-state index contributed by atoms with van der Waals surface area (Å²) in [5.41, 5.74) is 5.60. The SMILES string of the molecule is C/C=C(\C=C/CC)C(N)=O. The average Bonchev–Trinajstić information content (AvgIpc) is 1.89. The molecule has 0 aliphatic rings. The van der Waals surface area contributed by atoms with Crippen LogP contribution in [-0.4, -0.2) is 5.91 Å². The smallest absolute Gasteiger partial charge is 0.248 e. The maximum atomic E-state index is 10.5. The molecular formula is C8H13NO. The zero-order valence-corrected chi connectivity index (χ0v) is 6.42. The summed E-state index contributed by atoms with van der Waals surface area (Å²) in [6.45, 7) is 3.80. The van der Waals surface area contributed by atoms with Crippen LogP contribution in [0.25, 0.3) is 0 Å². The molecule has 0 aromatic carbocycles. The van der Waals surface area contributed by atoms with E-state index < -0.39 is 0 Å². The Bertz CT molecular complexity index is 168. The molecule has 2 N–H and O–H groups in total. The van der Waals surface area contributed by atoms with Gasteiger partial charge in [0, 0.05) is 5.57 Å². The largest absolute Gasteiger partial charge is 0.366 e. The van der Waals surface area contributed by atoms with Crippen molar-refractivity contribution in [3.63, 3.8) is 0 Å². The summed E-state index contributed by atoms with van der Waals surface area (Å²) in [5.74, 6) is -0.368. The highest BCUT2D eigenvalue weighted by Crippen LogP contribution is 1.95. The lowest BCUT2D eigenvalue weighted by molar-refractivity contribution is -0.114. The van der Waals surface area contributed by atoms with Crippen molar-refractivity contribution in [1.82, 2.24) is 0 Å². The zero-order chi connectivity index (χ0) is 7.98. The van der Waals surface area contributed by atoms with E-state index in [2.05, 4.69) is 0 Å². The van der Waals surface area contributed by atoms with Crippen LogP contribution in [-0.2, 0) is 4.79 Å². The molecule has 0 saturated carbocycles. The predicted molar refractivity (Wildman–Crippen MR) is 42.4 cm³/mol. The van der Waals surface area contributed by atoms with Crippen LogP contribution in [0.1, 0.15) is 20.3 Å². The quantitative estimate of drug-likeness (QED) is 0.466. The molecule has 0 aliphatic carbocycles. The fraction of sp³-hybridized carbons (Fsp3) is 0.375. The van der Waals surface area contributed by atoms with E-state index in [4.69, 9.17) is 5.73 Å². The number of carbonyl (C=O) groups is 1. The molecule has 1 amide bonds. The van der Waals surface area contributed by atoms with Gasteiger partial charge in [-0.05, 0) is 13.3 Å². The summed E-state index contributed by atoms with van der Waals surface area (Å²) < 4.78 is 0. The first-order valence-corrected chi connectivity index (χ1v) is 3.35. The molecular weight excluding hydrogens is 126 g/mol. The minimum atomic E-state index is -0.368. The van der Waals surface area contributed by atoms with E-state index in [0.717, 1.165) is 6.42 Å². The van der Waals surface area contributed by atoms with Crippen molar-refractivity contribution in [2.45, 2.75) is 20.3 Å². The Hall–Kier alpha value is -1.05. The normalized spacial score (nSPS) is 12.4. The van der Waals surface area contributed by atoms with Gasteiger partial charge in [0.1, 0.15) is 0 Å². The third kappa shape index (κ3) is 3.07. The Morgan fingerprint density at radius 1 is 1.60 bits per heavy atom. The number of amides is 1. The van der Waals surface area contributed by atoms with Crippen LogP contribution >= 0.6 is 0 Å². The summed E-state index contributed by atoms with van der Waals surface area (Å²) in [5, 5.41) is 0. The van der Waals surface area contributed by atoms with E-state index in [9.17, 15) is 4.79 Å². The highest BCUT2D eigenvalue weighted by atomic mass is 16.1. The van der Waals surface area contributed by atoms with Crippen LogP contribution in [0.15, 0.2) is 23.8 Å².